The van der Waals surface area contributed by atoms with Gasteiger partial charge < -0.3 is 64.0 Å². The minimum atomic E-state index is -1.29. The molecule has 0 aromatic heterocycles. The molecular weight excluding hydrogens is 1350 g/mol. The van der Waals surface area contributed by atoms with Crippen LogP contribution >= 0.6 is 0 Å². The van der Waals surface area contributed by atoms with Gasteiger partial charge >= 0.3 is 47.8 Å². The van der Waals surface area contributed by atoms with Gasteiger partial charge in [-0.1, -0.05) is 252 Å². The van der Waals surface area contributed by atoms with Crippen LogP contribution in [-0.2, 0) is 76.3 Å². The molecule has 0 spiro atoms. The highest BCUT2D eigenvalue weighted by molar-refractivity contribution is 5.76. The van der Waals surface area contributed by atoms with Gasteiger partial charge in [0.2, 0.25) is 5.91 Å². The summed E-state index contributed by atoms with van der Waals surface area (Å²) in [6, 6.07) is -1.18. The number of carboxylic acids is 5. The second-order valence-corrected chi connectivity index (χ2v) is 28.8. The number of amides is 1. The summed E-state index contributed by atoms with van der Waals surface area (Å²) >= 11 is 0. The Bertz CT molecular complexity index is 1980. The van der Waals surface area contributed by atoms with E-state index in [1.54, 1.807) is 0 Å². The second-order valence-electron chi connectivity index (χ2n) is 28.8. The number of ether oxygens (including phenoxy) is 7. The number of carbonyl (C=O) groups is 9. The molecule has 1 atom stereocenters. The van der Waals surface area contributed by atoms with Gasteiger partial charge in [0.25, 0.3) is 0 Å². The molecule has 0 rings (SSSR count). The lowest BCUT2D eigenvalue weighted by atomic mass is 9.92. The van der Waals surface area contributed by atoms with Crippen LogP contribution in [0.4, 0.5) is 0 Å². The number of carboxylic acid groups (broad SMARTS) is 5. The third-order valence-electron chi connectivity index (χ3n) is 18.9. The monoisotopic (exact) mass is 1500 g/mol. The van der Waals surface area contributed by atoms with E-state index in [0.29, 0.717) is 32.1 Å². The van der Waals surface area contributed by atoms with E-state index >= 15 is 0 Å². The summed E-state index contributed by atoms with van der Waals surface area (Å²) in [5.41, 5.74) is -1.16. The standard InChI is InChI=1S/C80H148N4O21/c1-4-7-10-13-16-19-22-25-28-31-34-37-40-46-76(94)103-67-80(68-104-77(95)47-41-38-35-32-29-26-23-20-17-14-11-8-5-2,69-105-78(96)48-42-39-36-33-30-27-24-21-18-15-12-9-6-3)66-102-61-60-101-59-58-100-57-56-99-55-49-71(85)81-50-44-43-45-70(79(97)98)84(53-51-82(62-72(86)87)63-73(88)89)54-52-83(64-74(90)91)65-75(92)93/h70H,4-69H2,1-3H3,(H,81,85)(H,86,87)(H,88,89)(H,90,91)(H,92,93)(H,97,98). The van der Waals surface area contributed by atoms with E-state index in [0.717, 1.165) is 67.6 Å². The number of unbranched alkanes of at least 4 members (excludes halogenated alkanes) is 37. The Hall–Kier alpha value is -5.05. The first-order valence-electron chi connectivity index (χ1n) is 41.2. The van der Waals surface area contributed by atoms with E-state index in [9.17, 15) is 68.7 Å². The molecule has 0 aromatic rings. The predicted octanol–water partition coefficient (Wildman–Crippen LogP) is 14.5. The Morgan fingerprint density at radius 2 is 0.590 bits per heavy atom. The quantitative estimate of drug-likeness (QED) is 0.0187. The molecule has 25 heteroatoms. The number of aliphatic carboxylic acids is 5. The molecule has 0 bridgehead atoms. The van der Waals surface area contributed by atoms with Crippen LogP contribution < -0.4 is 5.32 Å². The molecule has 0 aliphatic heterocycles. The van der Waals surface area contributed by atoms with Crippen LogP contribution in [0.25, 0.3) is 0 Å². The van der Waals surface area contributed by atoms with Gasteiger partial charge in [-0.2, -0.15) is 0 Å². The van der Waals surface area contributed by atoms with Crippen molar-refractivity contribution in [2.24, 2.45) is 5.41 Å². The number of hydrogen-bond donors (Lipinski definition) is 6. The van der Waals surface area contributed by atoms with Gasteiger partial charge in [0, 0.05) is 58.4 Å². The van der Waals surface area contributed by atoms with E-state index in [1.807, 2.05) is 0 Å². The summed E-state index contributed by atoms with van der Waals surface area (Å²) in [6.45, 7) is 4.71. The number of nitrogens with zero attached hydrogens (tertiary/aromatic N) is 3. The fourth-order valence-corrected chi connectivity index (χ4v) is 12.5. The fourth-order valence-electron chi connectivity index (χ4n) is 12.5. The lowest BCUT2D eigenvalue weighted by molar-refractivity contribution is -0.168. The normalized spacial score (nSPS) is 11.9. The van der Waals surface area contributed by atoms with Crippen LogP contribution in [0.3, 0.4) is 0 Å². The fraction of sp³-hybridized carbons (Fsp3) is 0.887. The number of rotatable bonds is 83. The van der Waals surface area contributed by atoms with Gasteiger partial charge in [-0.3, -0.25) is 57.9 Å². The molecule has 614 valence electrons. The molecule has 1 unspecified atom stereocenters. The van der Waals surface area contributed by atoms with Crippen molar-refractivity contribution in [1.29, 1.82) is 0 Å². The van der Waals surface area contributed by atoms with Gasteiger partial charge in [0.05, 0.1) is 84.4 Å². The zero-order valence-corrected chi connectivity index (χ0v) is 65.9. The Kier molecular flexibility index (Phi) is 69.6. The van der Waals surface area contributed by atoms with E-state index in [1.165, 1.54) is 178 Å². The maximum absolute atomic E-state index is 13.4. The summed E-state index contributed by atoms with van der Waals surface area (Å²) in [5, 5.41) is 50.2. The molecule has 1 amide bonds. The number of esters is 3. The molecule has 0 radical (unpaired) electrons. The summed E-state index contributed by atoms with van der Waals surface area (Å²) in [7, 11) is 0. The molecule has 0 aliphatic carbocycles. The molecule has 6 N–H and O–H groups in total. The van der Waals surface area contributed by atoms with Crippen LogP contribution in [0.2, 0.25) is 0 Å². The average Bonchev–Trinajstić information content (AvgIpc) is 0.857. The smallest absolute Gasteiger partial charge is 0.320 e. The molecular formula is C80H148N4O21. The Morgan fingerprint density at radius 3 is 0.876 bits per heavy atom. The lowest BCUT2D eigenvalue weighted by Gasteiger charge is -2.32. The average molecular weight is 1500 g/mol. The van der Waals surface area contributed by atoms with Crippen molar-refractivity contribution in [2.45, 2.75) is 322 Å². The largest absolute Gasteiger partial charge is 0.480 e. The first-order chi connectivity index (χ1) is 50.9. The summed E-state index contributed by atoms with van der Waals surface area (Å²) in [5.74, 6) is -7.79. The highest BCUT2D eigenvalue weighted by atomic mass is 16.6. The topological polar surface area (TPSA) is 341 Å². The molecule has 0 aromatic carbocycles. The maximum Gasteiger partial charge on any atom is 0.320 e. The Labute approximate surface area is 632 Å². The molecule has 105 heavy (non-hydrogen) atoms. The van der Waals surface area contributed by atoms with Crippen molar-refractivity contribution in [3.05, 3.63) is 0 Å². The lowest BCUT2D eigenvalue weighted by Crippen LogP contribution is -2.50. The number of nitrogens with one attached hydrogen (secondary N) is 1. The van der Waals surface area contributed by atoms with Crippen molar-refractivity contribution in [3.8, 4) is 0 Å². The van der Waals surface area contributed by atoms with Crippen LogP contribution in [0.5, 0.6) is 0 Å². The SMILES string of the molecule is CCCCCCCCCCCCCCCC(=O)OCC(COCCOCCOCCOCCC(=O)NCCCCC(C(=O)O)N(CCN(CC(=O)O)CC(=O)O)CCN(CC(=O)O)CC(=O)O)(COC(=O)CCCCCCCCCCCCCCC)COC(=O)CCCCCCCCCCCCCCC. The van der Waals surface area contributed by atoms with E-state index in [4.69, 9.17) is 33.2 Å². The summed E-state index contributed by atoms with van der Waals surface area (Å²) < 4.78 is 41.2. The van der Waals surface area contributed by atoms with Crippen LogP contribution in [0.1, 0.15) is 316 Å². The maximum atomic E-state index is 13.4. The predicted molar refractivity (Wildman–Crippen MR) is 407 cm³/mol. The van der Waals surface area contributed by atoms with Crippen LogP contribution in [0.15, 0.2) is 0 Å². The van der Waals surface area contributed by atoms with Gasteiger partial charge in [-0.15, -0.1) is 0 Å². The molecule has 0 saturated heterocycles. The van der Waals surface area contributed by atoms with E-state index < -0.39 is 67.5 Å². The second kappa shape index (κ2) is 73.1. The summed E-state index contributed by atoms with van der Waals surface area (Å²) in [6.07, 6.45) is 47.9. The Balaban J connectivity index is 5.50. The highest BCUT2D eigenvalue weighted by Crippen LogP contribution is 2.24. The van der Waals surface area contributed by atoms with Gasteiger partial charge in [-0.25, -0.2) is 0 Å². The highest BCUT2D eigenvalue weighted by Gasteiger charge is 2.37. The molecule has 0 saturated carbocycles. The van der Waals surface area contributed by atoms with Crippen molar-refractivity contribution in [3.63, 3.8) is 0 Å². The van der Waals surface area contributed by atoms with Gasteiger partial charge in [0.15, 0.2) is 0 Å². The van der Waals surface area contributed by atoms with Gasteiger partial charge in [0.1, 0.15) is 25.9 Å². The van der Waals surface area contributed by atoms with Crippen molar-refractivity contribution in [1.82, 2.24) is 20.0 Å². The van der Waals surface area contributed by atoms with Gasteiger partial charge in [-0.05, 0) is 38.5 Å². The molecule has 0 aliphatic rings. The molecule has 0 fully saturated rings. The zero-order valence-electron chi connectivity index (χ0n) is 65.9. The third-order valence-corrected chi connectivity index (χ3v) is 18.9. The summed E-state index contributed by atoms with van der Waals surface area (Å²) in [4.78, 5) is 115. The van der Waals surface area contributed by atoms with Crippen molar-refractivity contribution < 1.29 is 102 Å². The molecule has 25 nitrogen and oxygen atoms in total. The number of hydrogen-bond acceptors (Lipinski definition) is 19. The third kappa shape index (κ3) is 68.0. The first-order valence-corrected chi connectivity index (χ1v) is 41.2. The number of carbonyl (C=O) groups excluding carboxylic acids is 4. The van der Waals surface area contributed by atoms with Crippen molar-refractivity contribution in [2.75, 3.05) is 132 Å². The first kappa shape index (κ1) is 99.9. The zero-order chi connectivity index (χ0) is 77.3. The van der Waals surface area contributed by atoms with E-state index in [-0.39, 0.29) is 161 Å². The van der Waals surface area contributed by atoms with E-state index in [2.05, 4.69) is 26.1 Å². The van der Waals surface area contributed by atoms with Crippen LogP contribution in [0, 0.1) is 5.41 Å². The Morgan fingerprint density at radius 1 is 0.314 bits per heavy atom. The minimum absolute atomic E-state index is 0.0314. The van der Waals surface area contributed by atoms with Crippen molar-refractivity contribution >= 4 is 53.7 Å². The minimum Gasteiger partial charge on any atom is -0.480 e. The molecule has 0 heterocycles. The van der Waals surface area contributed by atoms with Crippen LogP contribution in [-0.4, -0.2) is 232 Å².